The first-order valence-electron chi connectivity index (χ1n) is 12.2. The van der Waals surface area contributed by atoms with E-state index in [0.717, 1.165) is 18.4 Å². The fourth-order valence-corrected chi connectivity index (χ4v) is 8.04. The monoisotopic (exact) mass is 496 g/mol. The summed E-state index contributed by atoms with van der Waals surface area (Å²) in [6.45, 7) is 5.83. The van der Waals surface area contributed by atoms with E-state index in [-0.39, 0.29) is 54.3 Å². The summed E-state index contributed by atoms with van der Waals surface area (Å²) in [7, 11) is -1.37. The molecule has 0 aromatic heterocycles. The van der Waals surface area contributed by atoms with E-state index in [1.807, 2.05) is 6.92 Å². The lowest BCUT2D eigenvalue weighted by Crippen LogP contribution is -2.63. The van der Waals surface area contributed by atoms with Crippen molar-refractivity contribution in [3.63, 3.8) is 0 Å². The van der Waals surface area contributed by atoms with Gasteiger partial charge in [0.2, 0.25) is 5.60 Å². The van der Waals surface area contributed by atoms with Crippen LogP contribution in [0.25, 0.3) is 0 Å². The van der Waals surface area contributed by atoms with Crippen molar-refractivity contribution in [3.05, 3.63) is 11.6 Å². The third kappa shape index (κ3) is 3.83. The van der Waals surface area contributed by atoms with Gasteiger partial charge in [0.25, 0.3) is 0 Å². The van der Waals surface area contributed by atoms with E-state index in [1.165, 1.54) is 6.26 Å². The minimum absolute atomic E-state index is 0.0194. The molecule has 190 valence electrons. The maximum absolute atomic E-state index is 13.4. The number of hydrogen-bond acceptors (Lipinski definition) is 8. The topological polar surface area (TPSA) is 116 Å². The molecule has 4 aliphatic rings. The van der Waals surface area contributed by atoms with Crippen LogP contribution in [-0.4, -0.2) is 57.7 Å². The fourth-order valence-electron chi connectivity index (χ4n) is 7.76. The largest absolute Gasteiger partial charge is 0.509 e. The van der Waals surface area contributed by atoms with Gasteiger partial charge in [0.05, 0.1) is 23.5 Å². The Bertz CT molecular complexity index is 930. The lowest BCUT2D eigenvalue weighted by atomic mass is 9.45. The van der Waals surface area contributed by atoms with Crippen LogP contribution in [0, 0.1) is 28.6 Å². The van der Waals surface area contributed by atoms with Gasteiger partial charge in [-0.1, -0.05) is 19.4 Å². The van der Waals surface area contributed by atoms with Crippen molar-refractivity contribution in [3.8, 4) is 0 Å². The van der Waals surface area contributed by atoms with Crippen LogP contribution in [-0.2, 0) is 34.6 Å². The maximum Gasteiger partial charge on any atom is 0.509 e. The number of ether oxygens (including phenoxy) is 3. The first-order valence-corrected chi connectivity index (χ1v) is 14.0. The Kier molecular flexibility index (Phi) is 6.74. The van der Waals surface area contributed by atoms with E-state index in [9.17, 15) is 23.7 Å². The average Bonchev–Trinajstić information content (AvgIpc) is 3.04. The maximum atomic E-state index is 13.4. The van der Waals surface area contributed by atoms with Gasteiger partial charge in [-0.25, -0.2) is 9.59 Å². The van der Waals surface area contributed by atoms with E-state index in [4.69, 9.17) is 14.2 Å². The number of hydrogen-bond donors (Lipinski definition) is 1. The molecule has 4 rings (SSSR count). The molecule has 3 fully saturated rings. The molecule has 8 nitrogen and oxygen atoms in total. The molecule has 1 unspecified atom stereocenters. The number of aliphatic hydroxyl groups is 1. The van der Waals surface area contributed by atoms with E-state index in [2.05, 4.69) is 6.92 Å². The molecule has 8 atom stereocenters. The van der Waals surface area contributed by atoms with Gasteiger partial charge in [0.15, 0.2) is 11.7 Å². The Hall–Kier alpha value is -1.74. The third-order valence-electron chi connectivity index (χ3n) is 9.22. The zero-order chi connectivity index (χ0) is 24.9. The van der Waals surface area contributed by atoms with Crippen LogP contribution in [0.3, 0.4) is 0 Å². The Morgan fingerprint density at radius 2 is 1.91 bits per heavy atom. The van der Waals surface area contributed by atoms with Gasteiger partial charge in [-0.05, 0) is 74.7 Å². The van der Waals surface area contributed by atoms with Crippen LogP contribution >= 0.6 is 0 Å². The number of carbonyl (C=O) groups excluding carboxylic acids is 3. The second kappa shape index (κ2) is 9.04. The predicted octanol–water partition coefficient (Wildman–Crippen LogP) is 3.28. The molecule has 1 N–H and O–H groups in total. The second-order valence-corrected chi connectivity index (χ2v) is 12.2. The van der Waals surface area contributed by atoms with Gasteiger partial charge >= 0.3 is 12.1 Å². The molecule has 34 heavy (non-hydrogen) atoms. The molecule has 0 aromatic carbocycles. The first kappa shape index (κ1) is 25.4. The summed E-state index contributed by atoms with van der Waals surface area (Å²) in [5, 5.41) is 11.6. The van der Waals surface area contributed by atoms with Gasteiger partial charge in [-0.3, -0.25) is 9.00 Å². The summed E-state index contributed by atoms with van der Waals surface area (Å²) in [5.74, 6) is -0.758. The Morgan fingerprint density at radius 1 is 1.18 bits per heavy atom. The van der Waals surface area contributed by atoms with Gasteiger partial charge in [0, 0.05) is 18.1 Å². The summed E-state index contributed by atoms with van der Waals surface area (Å²) < 4.78 is 27.8. The minimum Gasteiger partial charge on any atom is -0.449 e. The number of aliphatic hydroxyl groups excluding tert-OH is 1. The lowest BCUT2D eigenvalue weighted by molar-refractivity contribution is -0.202. The highest BCUT2D eigenvalue weighted by Gasteiger charge is 2.71. The first-order chi connectivity index (χ1) is 16.0. The van der Waals surface area contributed by atoms with Crippen molar-refractivity contribution in [2.24, 2.45) is 28.6 Å². The van der Waals surface area contributed by atoms with Gasteiger partial charge < -0.3 is 19.3 Å². The number of fused-ring (bicyclic) bond motifs is 5. The summed E-state index contributed by atoms with van der Waals surface area (Å²) in [5.41, 5.74) is -1.61. The van der Waals surface area contributed by atoms with Crippen LogP contribution < -0.4 is 0 Å². The number of ketones is 1. The van der Waals surface area contributed by atoms with Gasteiger partial charge in [-0.15, -0.1) is 0 Å². The smallest absolute Gasteiger partial charge is 0.449 e. The molecular formula is C25H36O8S. The second-order valence-electron chi connectivity index (χ2n) is 10.9. The molecular weight excluding hydrogens is 460 g/mol. The van der Waals surface area contributed by atoms with Crippen LogP contribution in [0.1, 0.15) is 65.7 Å². The molecule has 0 bridgehead atoms. The highest BCUT2D eigenvalue weighted by molar-refractivity contribution is 7.84. The highest BCUT2D eigenvalue weighted by Crippen LogP contribution is 2.68. The molecule has 0 aliphatic heterocycles. The summed E-state index contributed by atoms with van der Waals surface area (Å²) in [6.07, 6.45) is 5.49. The van der Waals surface area contributed by atoms with E-state index in [1.54, 1.807) is 13.0 Å². The van der Waals surface area contributed by atoms with Crippen LogP contribution in [0.2, 0.25) is 0 Å². The molecule has 9 heteroatoms. The van der Waals surface area contributed by atoms with Crippen molar-refractivity contribution in [1.82, 2.24) is 0 Å². The fraction of sp³-hybridized carbons (Fsp3) is 0.800. The van der Waals surface area contributed by atoms with Crippen molar-refractivity contribution < 1.29 is 37.9 Å². The summed E-state index contributed by atoms with van der Waals surface area (Å²) >= 11 is 0. The van der Waals surface area contributed by atoms with Crippen molar-refractivity contribution in [1.29, 1.82) is 0 Å². The Balaban J connectivity index is 1.71. The van der Waals surface area contributed by atoms with Crippen molar-refractivity contribution in [2.45, 2.75) is 77.4 Å². The number of rotatable bonds is 5. The normalized spacial score (nSPS) is 41.9. The molecule has 0 radical (unpaired) electrons. The summed E-state index contributed by atoms with van der Waals surface area (Å²) in [6, 6.07) is 0. The minimum atomic E-state index is -1.62. The molecule has 0 saturated heterocycles. The van der Waals surface area contributed by atoms with Gasteiger partial charge in [-0.2, -0.15) is 0 Å². The van der Waals surface area contributed by atoms with E-state index >= 15 is 0 Å². The van der Waals surface area contributed by atoms with Crippen molar-refractivity contribution >= 4 is 28.7 Å². The standard InChI is InChI=1S/C25H36O8S/c1-5-31-22(29)33-25(21(28)32-14-34(4)30)11-9-18-17-7-6-15-12-16(26)8-10-23(15,2)20(17)19(27)13-24(18,25)3/h12,17-20,27H,5-11,13-14H2,1-4H3/t17-,18-,19-,20+,23-,24-,25+,34?/m0/s1. The van der Waals surface area contributed by atoms with Crippen LogP contribution in [0.4, 0.5) is 4.79 Å². The summed E-state index contributed by atoms with van der Waals surface area (Å²) in [4.78, 5) is 38.0. The molecule has 0 aromatic rings. The highest BCUT2D eigenvalue weighted by atomic mass is 32.2. The zero-order valence-corrected chi connectivity index (χ0v) is 21.3. The number of allylic oxidation sites excluding steroid dienone is 1. The third-order valence-corrected chi connectivity index (χ3v) is 9.67. The molecule has 0 amide bonds. The number of carbonyl (C=O) groups is 3. The van der Waals surface area contributed by atoms with Crippen LogP contribution in [0.5, 0.6) is 0 Å². The predicted molar refractivity (Wildman–Crippen MR) is 124 cm³/mol. The Labute approximate surface area is 203 Å². The molecule has 3 saturated carbocycles. The van der Waals surface area contributed by atoms with Crippen LogP contribution in [0.15, 0.2) is 11.6 Å². The quantitative estimate of drug-likeness (QED) is 0.577. The molecule has 4 aliphatic carbocycles. The van der Waals surface area contributed by atoms with E-state index in [0.29, 0.717) is 19.3 Å². The SMILES string of the molecule is CCOC(=O)O[C@@]1(C(=O)OCS(C)=O)CC[C@H]2[C@@H]3CCC4=CC(=O)CC[C@]4(C)[C@H]3[C@@H](O)C[C@@]21C. The van der Waals surface area contributed by atoms with Gasteiger partial charge in [0.1, 0.15) is 0 Å². The molecule has 0 heterocycles. The van der Waals surface area contributed by atoms with Crippen molar-refractivity contribution in [2.75, 3.05) is 18.8 Å². The Morgan fingerprint density at radius 3 is 2.59 bits per heavy atom. The zero-order valence-electron chi connectivity index (χ0n) is 20.5. The number of esters is 1. The average molecular weight is 497 g/mol. The van der Waals surface area contributed by atoms with E-state index < -0.39 is 40.0 Å². The molecule has 0 spiro atoms. The lowest BCUT2D eigenvalue weighted by Gasteiger charge is -2.60.